The van der Waals surface area contributed by atoms with E-state index >= 15 is 0 Å². The molecule has 0 bridgehead atoms. The summed E-state index contributed by atoms with van der Waals surface area (Å²) >= 11 is 0. The fraction of sp³-hybridized carbons (Fsp3) is 1.00. The van der Waals surface area contributed by atoms with Crippen molar-refractivity contribution in [3.8, 4) is 0 Å². The molecule has 2 aliphatic rings. The van der Waals surface area contributed by atoms with E-state index in [1.54, 1.807) is 0 Å². The molecule has 100 valence electrons. The van der Waals surface area contributed by atoms with Crippen molar-refractivity contribution >= 4 is 0 Å². The molecular weight excluding hydrogens is 208 g/mol. The van der Waals surface area contributed by atoms with E-state index in [0.717, 1.165) is 23.8 Å². The average molecular weight is 238 g/mol. The zero-order valence-corrected chi connectivity index (χ0v) is 11.9. The lowest BCUT2D eigenvalue weighted by Gasteiger charge is -2.36. The Morgan fingerprint density at radius 1 is 1.12 bits per heavy atom. The number of hydrogen-bond donors (Lipinski definition) is 1. The van der Waals surface area contributed by atoms with E-state index in [2.05, 4.69) is 31.1 Å². The summed E-state index contributed by atoms with van der Waals surface area (Å²) in [5, 5.41) is 3.52. The summed E-state index contributed by atoms with van der Waals surface area (Å²) < 4.78 is 0. The van der Waals surface area contributed by atoms with Gasteiger partial charge in [-0.1, -0.05) is 20.3 Å². The van der Waals surface area contributed by atoms with Gasteiger partial charge in [0.25, 0.3) is 0 Å². The minimum absolute atomic E-state index is 0.865. The molecule has 17 heavy (non-hydrogen) atoms. The summed E-state index contributed by atoms with van der Waals surface area (Å²) in [5.41, 5.74) is 0. The molecule has 0 radical (unpaired) electrons. The van der Waals surface area contributed by atoms with Gasteiger partial charge in [0, 0.05) is 12.6 Å². The first kappa shape index (κ1) is 13.4. The van der Waals surface area contributed by atoms with Gasteiger partial charge in [-0.15, -0.1) is 0 Å². The quantitative estimate of drug-likeness (QED) is 0.810. The second-order valence-corrected chi connectivity index (χ2v) is 6.42. The fourth-order valence-corrected chi connectivity index (χ4v) is 3.62. The molecular formula is C15H30N2. The van der Waals surface area contributed by atoms with Crippen molar-refractivity contribution in [1.29, 1.82) is 0 Å². The third kappa shape index (κ3) is 3.45. The van der Waals surface area contributed by atoms with Crippen LogP contribution < -0.4 is 5.32 Å². The summed E-state index contributed by atoms with van der Waals surface area (Å²) in [6.45, 7) is 8.50. The Kier molecular flexibility index (Phi) is 4.87. The van der Waals surface area contributed by atoms with E-state index in [1.807, 2.05) is 0 Å². The monoisotopic (exact) mass is 238 g/mol. The van der Waals surface area contributed by atoms with E-state index in [0.29, 0.717) is 0 Å². The largest absolute Gasteiger partial charge is 0.316 e. The van der Waals surface area contributed by atoms with Crippen molar-refractivity contribution in [3.63, 3.8) is 0 Å². The first-order valence-electron chi connectivity index (χ1n) is 7.61. The minimum Gasteiger partial charge on any atom is -0.316 e. The van der Waals surface area contributed by atoms with E-state index < -0.39 is 0 Å². The maximum atomic E-state index is 3.52. The maximum Gasteiger partial charge on any atom is 0.00925 e. The Morgan fingerprint density at radius 2 is 1.82 bits per heavy atom. The van der Waals surface area contributed by atoms with Crippen LogP contribution in [0.4, 0.5) is 0 Å². The smallest absolute Gasteiger partial charge is 0.00925 e. The standard InChI is InChI=1S/C15H30N2/c1-4-13-5-7-15(8-6-13)17(3)11-14-10-16-9-12(14)2/h12-16H,4-11H2,1-3H3/t12-,13?,14+,15?/m1/s1. The SMILES string of the molecule is CCC1CCC(N(C)C[C@@H]2CNC[C@H]2C)CC1. The highest BCUT2D eigenvalue weighted by molar-refractivity contribution is 4.84. The summed E-state index contributed by atoms with van der Waals surface area (Å²) in [5.74, 6) is 2.76. The number of rotatable bonds is 4. The highest BCUT2D eigenvalue weighted by atomic mass is 15.1. The maximum absolute atomic E-state index is 3.52. The van der Waals surface area contributed by atoms with Crippen LogP contribution in [0.25, 0.3) is 0 Å². The van der Waals surface area contributed by atoms with Crippen LogP contribution in [0, 0.1) is 17.8 Å². The Morgan fingerprint density at radius 3 is 2.35 bits per heavy atom. The summed E-state index contributed by atoms with van der Waals surface area (Å²) in [4.78, 5) is 2.65. The lowest BCUT2D eigenvalue weighted by Crippen LogP contribution is -2.39. The molecule has 1 aliphatic heterocycles. The molecule has 0 unspecified atom stereocenters. The summed E-state index contributed by atoms with van der Waals surface area (Å²) in [6, 6.07) is 0.866. The molecule has 0 aromatic rings. The van der Waals surface area contributed by atoms with Crippen molar-refractivity contribution in [3.05, 3.63) is 0 Å². The van der Waals surface area contributed by atoms with Crippen LogP contribution in [-0.4, -0.2) is 37.6 Å². The lowest BCUT2D eigenvalue weighted by molar-refractivity contribution is 0.139. The van der Waals surface area contributed by atoms with Crippen LogP contribution in [0.3, 0.4) is 0 Å². The van der Waals surface area contributed by atoms with Gasteiger partial charge in [-0.3, -0.25) is 0 Å². The second-order valence-electron chi connectivity index (χ2n) is 6.42. The molecule has 0 aromatic heterocycles. The van der Waals surface area contributed by atoms with E-state index in [1.165, 1.54) is 51.7 Å². The molecule has 1 saturated heterocycles. The normalized spacial score (nSPS) is 38.8. The molecule has 0 aromatic carbocycles. The van der Waals surface area contributed by atoms with Gasteiger partial charge in [-0.2, -0.15) is 0 Å². The first-order chi connectivity index (χ1) is 8.20. The average Bonchev–Trinajstić information content (AvgIpc) is 2.75. The highest BCUT2D eigenvalue weighted by Gasteiger charge is 2.28. The van der Waals surface area contributed by atoms with Gasteiger partial charge in [0.1, 0.15) is 0 Å². The van der Waals surface area contributed by atoms with Gasteiger partial charge in [0.15, 0.2) is 0 Å². The van der Waals surface area contributed by atoms with Gasteiger partial charge < -0.3 is 10.2 Å². The summed E-state index contributed by atoms with van der Waals surface area (Å²) in [6.07, 6.45) is 7.18. The minimum atomic E-state index is 0.865. The number of hydrogen-bond acceptors (Lipinski definition) is 2. The van der Waals surface area contributed by atoms with Crippen molar-refractivity contribution in [2.75, 3.05) is 26.7 Å². The predicted molar refractivity (Wildman–Crippen MR) is 74.2 cm³/mol. The van der Waals surface area contributed by atoms with Crippen molar-refractivity contribution in [2.24, 2.45) is 17.8 Å². The topological polar surface area (TPSA) is 15.3 Å². The van der Waals surface area contributed by atoms with Crippen molar-refractivity contribution < 1.29 is 0 Å². The molecule has 1 saturated carbocycles. The molecule has 1 heterocycles. The number of nitrogens with one attached hydrogen (secondary N) is 1. The van der Waals surface area contributed by atoms with Crippen LogP contribution in [0.5, 0.6) is 0 Å². The fourth-order valence-electron chi connectivity index (χ4n) is 3.62. The Labute approximate surface area is 107 Å². The molecule has 2 atom stereocenters. The van der Waals surface area contributed by atoms with Crippen LogP contribution in [-0.2, 0) is 0 Å². The molecule has 1 N–H and O–H groups in total. The van der Waals surface area contributed by atoms with Gasteiger partial charge in [-0.05, 0) is 63.6 Å². The van der Waals surface area contributed by atoms with Crippen LogP contribution in [0.2, 0.25) is 0 Å². The molecule has 0 amide bonds. The Balaban J connectivity index is 1.74. The van der Waals surface area contributed by atoms with Gasteiger partial charge in [0.05, 0.1) is 0 Å². The van der Waals surface area contributed by atoms with Crippen LogP contribution in [0.1, 0.15) is 46.0 Å². The van der Waals surface area contributed by atoms with Crippen LogP contribution in [0.15, 0.2) is 0 Å². The molecule has 2 nitrogen and oxygen atoms in total. The summed E-state index contributed by atoms with van der Waals surface area (Å²) in [7, 11) is 2.35. The zero-order chi connectivity index (χ0) is 12.3. The van der Waals surface area contributed by atoms with Gasteiger partial charge in [-0.25, -0.2) is 0 Å². The first-order valence-corrected chi connectivity index (χ1v) is 7.61. The molecule has 2 rings (SSSR count). The Hall–Kier alpha value is -0.0800. The second kappa shape index (κ2) is 6.19. The van der Waals surface area contributed by atoms with E-state index in [9.17, 15) is 0 Å². The van der Waals surface area contributed by atoms with Crippen molar-refractivity contribution in [1.82, 2.24) is 10.2 Å². The van der Waals surface area contributed by atoms with Gasteiger partial charge in [0.2, 0.25) is 0 Å². The third-order valence-corrected chi connectivity index (χ3v) is 5.22. The highest BCUT2D eigenvalue weighted by Crippen LogP contribution is 2.30. The predicted octanol–water partition coefficient (Wildman–Crippen LogP) is 2.74. The lowest BCUT2D eigenvalue weighted by atomic mass is 9.83. The van der Waals surface area contributed by atoms with Crippen LogP contribution >= 0.6 is 0 Å². The van der Waals surface area contributed by atoms with E-state index in [4.69, 9.17) is 0 Å². The molecule has 1 aliphatic carbocycles. The Bertz CT molecular complexity index is 221. The third-order valence-electron chi connectivity index (χ3n) is 5.22. The molecule has 0 spiro atoms. The molecule has 2 fully saturated rings. The molecule has 2 heteroatoms. The van der Waals surface area contributed by atoms with Crippen molar-refractivity contribution in [2.45, 2.75) is 52.0 Å². The number of nitrogens with zero attached hydrogens (tertiary/aromatic N) is 1. The zero-order valence-electron chi connectivity index (χ0n) is 11.9. The van der Waals surface area contributed by atoms with E-state index in [-0.39, 0.29) is 0 Å². The van der Waals surface area contributed by atoms with Gasteiger partial charge >= 0.3 is 0 Å².